The number of carbonyl (C=O) groups is 1. The largest absolute Gasteiger partial charge is 0.460 e. The summed E-state index contributed by atoms with van der Waals surface area (Å²) in [6.07, 6.45) is 4.06. The Balaban J connectivity index is 1.80. The fourth-order valence-electron chi connectivity index (χ4n) is 5.32. The lowest BCUT2D eigenvalue weighted by atomic mass is 9.52. The smallest absolute Gasteiger partial charge is 0.302 e. The molecule has 2 saturated heterocycles. The molecule has 1 spiro atoms. The zero-order valence-electron chi connectivity index (χ0n) is 13.4. The quantitative estimate of drug-likeness (QED) is 0.476. The molecular formula is C17H24O5. The van der Waals surface area contributed by atoms with Gasteiger partial charge in [0.05, 0.1) is 19.3 Å². The molecule has 3 fully saturated rings. The van der Waals surface area contributed by atoms with E-state index in [2.05, 4.69) is 19.9 Å². The first-order chi connectivity index (χ1) is 10.4. The fraction of sp³-hybridized carbons (Fsp3) is 0.824. The molecular weight excluding hydrogens is 284 g/mol. The summed E-state index contributed by atoms with van der Waals surface area (Å²) >= 11 is 0. The second-order valence-corrected chi connectivity index (χ2v) is 7.67. The Hall–Kier alpha value is -0.910. The zero-order valence-corrected chi connectivity index (χ0v) is 13.4. The van der Waals surface area contributed by atoms with Crippen molar-refractivity contribution in [1.29, 1.82) is 0 Å². The predicted molar refractivity (Wildman–Crippen MR) is 78.1 cm³/mol. The maximum atomic E-state index is 11.5. The van der Waals surface area contributed by atoms with Gasteiger partial charge in [0, 0.05) is 17.8 Å². The van der Waals surface area contributed by atoms with Crippen molar-refractivity contribution in [3.63, 3.8) is 0 Å². The van der Waals surface area contributed by atoms with Crippen molar-refractivity contribution in [1.82, 2.24) is 0 Å². The summed E-state index contributed by atoms with van der Waals surface area (Å²) in [5.74, 6) is -0.284. The lowest BCUT2D eigenvalue weighted by Crippen LogP contribution is -2.64. The highest BCUT2D eigenvalue weighted by atomic mass is 16.7. The van der Waals surface area contributed by atoms with Crippen LogP contribution in [0.25, 0.3) is 0 Å². The van der Waals surface area contributed by atoms with E-state index in [-0.39, 0.29) is 41.7 Å². The molecule has 2 heterocycles. The Kier molecular flexibility index (Phi) is 2.89. The van der Waals surface area contributed by atoms with E-state index in [0.29, 0.717) is 13.0 Å². The Bertz CT molecular complexity index is 551. The Morgan fingerprint density at radius 3 is 2.86 bits per heavy atom. The minimum Gasteiger partial charge on any atom is -0.460 e. The molecule has 5 nitrogen and oxygen atoms in total. The molecule has 22 heavy (non-hydrogen) atoms. The molecule has 2 bridgehead atoms. The standard InChI is InChI=1S/C17H24O5/c1-10-4-5-16(8-18)13(6-10)22-14-12(21-11(2)19)7-15(16,3)17(14)9-20-17/h6,12-14,18H,4-5,7-9H2,1-3H3/t12-,13-,14-,15+,16-,17+/m1/s1. The van der Waals surface area contributed by atoms with E-state index in [1.54, 1.807) is 0 Å². The molecule has 0 aromatic heterocycles. The molecule has 0 unspecified atom stereocenters. The highest BCUT2D eigenvalue weighted by Gasteiger charge is 2.81. The number of aliphatic hydroxyl groups is 1. The van der Waals surface area contributed by atoms with Crippen LogP contribution in [0.5, 0.6) is 0 Å². The third-order valence-electron chi connectivity index (χ3n) is 6.73. The van der Waals surface area contributed by atoms with E-state index in [4.69, 9.17) is 14.2 Å². The molecule has 122 valence electrons. The number of allylic oxidation sites excluding steroid dienone is 1. The average Bonchev–Trinajstić information content (AvgIpc) is 3.21. The number of epoxide rings is 1. The van der Waals surface area contributed by atoms with Crippen LogP contribution >= 0.6 is 0 Å². The molecule has 2 aliphatic heterocycles. The van der Waals surface area contributed by atoms with E-state index < -0.39 is 5.60 Å². The van der Waals surface area contributed by atoms with Crippen LogP contribution < -0.4 is 0 Å². The van der Waals surface area contributed by atoms with Crippen molar-refractivity contribution in [3.8, 4) is 0 Å². The van der Waals surface area contributed by atoms with Crippen molar-refractivity contribution >= 4 is 5.97 Å². The van der Waals surface area contributed by atoms with Gasteiger partial charge in [0.2, 0.25) is 0 Å². The van der Waals surface area contributed by atoms with Gasteiger partial charge < -0.3 is 19.3 Å². The summed E-state index contributed by atoms with van der Waals surface area (Å²) in [5, 5.41) is 10.3. The highest BCUT2D eigenvalue weighted by Crippen LogP contribution is 2.71. The second kappa shape index (κ2) is 4.34. The van der Waals surface area contributed by atoms with Crippen molar-refractivity contribution < 1.29 is 24.1 Å². The van der Waals surface area contributed by atoms with Crippen LogP contribution in [0, 0.1) is 10.8 Å². The number of rotatable bonds is 2. The minimum atomic E-state index is -0.397. The predicted octanol–water partition coefficient (Wildman–Crippen LogP) is 1.58. The SMILES string of the molecule is CC(=O)O[C@@H]1C[C@@]2(C)[C@@]3(CO)CCC(C)=C[C@H]3O[C@H]1[C@@]21CO1. The highest BCUT2D eigenvalue weighted by molar-refractivity contribution is 5.66. The summed E-state index contributed by atoms with van der Waals surface area (Å²) in [7, 11) is 0. The van der Waals surface area contributed by atoms with Gasteiger partial charge in [-0.3, -0.25) is 4.79 Å². The number of hydrogen-bond acceptors (Lipinski definition) is 5. The van der Waals surface area contributed by atoms with Gasteiger partial charge >= 0.3 is 5.97 Å². The van der Waals surface area contributed by atoms with Crippen molar-refractivity contribution in [2.45, 2.75) is 63.9 Å². The maximum Gasteiger partial charge on any atom is 0.302 e. The Morgan fingerprint density at radius 1 is 1.55 bits per heavy atom. The Morgan fingerprint density at radius 2 is 2.27 bits per heavy atom. The first kappa shape index (κ1) is 14.7. The topological polar surface area (TPSA) is 68.3 Å². The van der Waals surface area contributed by atoms with Crippen LogP contribution in [0.1, 0.15) is 40.0 Å². The normalized spacial score (nSPS) is 52.2. The molecule has 1 N–H and O–H groups in total. The third-order valence-corrected chi connectivity index (χ3v) is 6.73. The first-order valence-electron chi connectivity index (χ1n) is 8.13. The minimum absolute atomic E-state index is 0.0720. The second-order valence-electron chi connectivity index (χ2n) is 7.67. The molecule has 4 rings (SSSR count). The van der Waals surface area contributed by atoms with E-state index in [9.17, 15) is 9.90 Å². The zero-order chi connectivity index (χ0) is 15.8. The summed E-state index contributed by atoms with van der Waals surface area (Å²) in [5.41, 5.74) is 0.313. The Labute approximate surface area is 130 Å². The number of hydrogen-bond donors (Lipinski definition) is 1. The van der Waals surface area contributed by atoms with Gasteiger partial charge in [0.1, 0.15) is 17.8 Å². The lowest BCUT2D eigenvalue weighted by molar-refractivity contribution is -0.218. The van der Waals surface area contributed by atoms with Gasteiger partial charge in [-0.05, 0) is 26.2 Å². The number of carbonyl (C=O) groups excluding carboxylic acids is 1. The van der Waals surface area contributed by atoms with E-state index >= 15 is 0 Å². The molecule has 4 aliphatic rings. The van der Waals surface area contributed by atoms with Crippen LogP contribution in [-0.2, 0) is 19.0 Å². The summed E-state index contributed by atoms with van der Waals surface area (Å²) in [6.45, 7) is 6.43. The van der Waals surface area contributed by atoms with Crippen LogP contribution in [-0.4, -0.2) is 48.2 Å². The van der Waals surface area contributed by atoms with Gasteiger partial charge in [-0.25, -0.2) is 0 Å². The van der Waals surface area contributed by atoms with Crippen LogP contribution in [0.4, 0.5) is 0 Å². The molecule has 2 aliphatic carbocycles. The monoisotopic (exact) mass is 308 g/mol. The van der Waals surface area contributed by atoms with Gasteiger partial charge in [-0.2, -0.15) is 0 Å². The molecule has 0 aromatic rings. The summed E-state index contributed by atoms with van der Waals surface area (Å²) in [4.78, 5) is 11.5. The van der Waals surface area contributed by atoms with E-state index in [1.807, 2.05) is 0 Å². The molecule has 6 atom stereocenters. The molecule has 0 aromatic carbocycles. The number of fused-ring (bicyclic) bond motifs is 2. The summed E-state index contributed by atoms with van der Waals surface area (Å²) in [6, 6.07) is 0. The van der Waals surface area contributed by atoms with Crippen molar-refractivity contribution in [2.24, 2.45) is 10.8 Å². The maximum absolute atomic E-state index is 11.5. The van der Waals surface area contributed by atoms with Crippen LogP contribution in [0.3, 0.4) is 0 Å². The molecule has 0 amide bonds. The van der Waals surface area contributed by atoms with Crippen LogP contribution in [0.15, 0.2) is 11.6 Å². The van der Waals surface area contributed by atoms with Crippen molar-refractivity contribution in [2.75, 3.05) is 13.2 Å². The number of esters is 1. The van der Waals surface area contributed by atoms with Crippen LogP contribution in [0.2, 0.25) is 0 Å². The van der Waals surface area contributed by atoms with E-state index in [1.165, 1.54) is 12.5 Å². The molecule has 0 radical (unpaired) electrons. The van der Waals surface area contributed by atoms with Gasteiger partial charge in [-0.15, -0.1) is 0 Å². The average molecular weight is 308 g/mol. The lowest BCUT2D eigenvalue weighted by Gasteiger charge is -2.57. The fourth-order valence-corrected chi connectivity index (χ4v) is 5.32. The van der Waals surface area contributed by atoms with Crippen molar-refractivity contribution in [3.05, 3.63) is 11.6 Å². The molecule has 5 heteroatoms. The summed E-state index contributed by atoms with van der Waals surface area (Å²) < 4.78 is 17.8. The first-order valence-corrected chi connectivity index (χ1v) is 8.13. The van der Waals surface area contributed by atoms with Gasteiger partial charge in [0.15, 0.2) is 0 Å². The number of aliphatic hydroxyl groups excluding tert-OH is 1. The third kappa shape index (κ3) is 1.52. The van der Waals surface area contributed by atoms with E-state index in [0.717, 1.165) is 12.8 Å². The van der Waals surface area contributed by atoms with Gasteiger partial charge in [0.25, 0.3) is 0 Å². The number of ether oxygens (including phenoxy) is 3. The molecule has 1 saturated carbocycles. The van der Waals surface area contributed by atoms with Gasteiger partial charge in [-0.1, -0.05) is 18.6 Å².